The van der Waals surface area contributed by atoms with E-state index in [0.717, 1.165) is 29.7 Å². The number of benzene rings is 2. The molecule has 0 atom stereocenters. The largest absolute Gasteiger partial charge is 0.488 e. The Kier molecular flexibility index (Phi) is 7.02. The van der Waals surface area contributed by atoms with E-state index in [4.69, 9.17) is 4.74 Å². The molecule has 2 rings (SSSR count). The number of carbonyl (C=O) groups excluding carboxylic acids is 1. The third kappa shape index (κ3) is 5.88. The number of para-hydroxylation sites is 1. The predicted octanol–water partition coefficient (Wildman–Crippen LogP) is 4.21. The zero-order valence-electron chi connectivity index (χ0n) is 14.3. The van der Waals surface area contributed by atoms with E-state index in [-0.39, 0.29) is 5.91 Å². The first-order chi connectivity index (χ1) is 11.7. The summed E-state index contributed by atoms with van der Waals surface area (Å²) >= 11 is 0. The van der Waals surface area contributed by atoms with Crippen molar-refractivity contribution >= 4 is 12.1 Å². The van der Waals surface area contributed by atoms with E-state index in [1.54, 1.807) is 6.21 Å². The molecule has 2 aromatic rings. The number of hydrogen-bond donors (Lipinski definition) is 1. The van der Waals surface area contributed by atoms with Crippen molar-refractivity contribution < 1.29 is 9.53 Å². The first-order valence-corrected chi connectivity index (χ1v) is 8.28. The Labute approximate surface area is 143 Å². The van der Waals surface area contributed by atoms with Crippen molar-refractivity contribution in [3.63, 3.8) is 0 Å². The van der Waals surface area contributed by atoms with Gasteiger partial charge in [-0.25, -0.2) is 5.43 Å². The Morgan fingerprint density at radius 2 is 1.92 bits per heavy atom. The molecule has 4 heteroatoms. The topological polar surface area (TPSA) is 50.7 Å². The monoisotopic (exact) mass is 324 g/mol. The quantitative estimate of drug-likeness (QED) is 0.584. The number of nitrogens with one attached hydrogen (secondary N) is 1. The Bertz CT molecular complexity index is 678. The van der Waals surface area contributed by atoms with Crippen LogP contribution in [0, 0.1) is 6.92 Å². The minimum atomic E-state index is -0.0637. The lowest BCUT2D eigenvalue weighted by Crippen LogP contribution is -2.16. The maximum atomic E-state index is 11.6. The van der Waals surface area contributed by atoms with Gasteiger partial charge in [0.1, 0.15) is 12.4 Å². The fourth-order valence-electron chi connectivity index (χ4n) is 2.13. The van der Waals surface area contributed by atoms with Gasteiger partial charge in [0.05, 0.1) is 6.21 Å². The average Bonchev–Trinajstić information content (AvgIpc) is 2.60. The van der Waals surface area contributed by atoms with Crippen molar-refractivity contribution in [2.24, 2.45) is 5.10 Å². The summed E-state index contributed by atoms with van der Waals surface area (Å²) in [7, 11) is 0. The molecular weight excluding hydrogens is 300 g/mol. The molecule has 0 bridgehead atoms. The smallest absolute Gasteiger partial charge is 0.240 e. The molecule has 0 saturated carbocycles. The third-order valence-corrected chi connectivity index (χ3v) is 3.58. The number of carbonyl (C=O) groups is 1. The molecule has 0 aromatic heterocycles. The number of aryl methyl sites for hydroxylation is 1. The summed E-state index contributed by atoms with van der Waals surface area (Å²) in [6.07, 6.45) is 3.98. The molecule has 0 saturated heterocycles. The first kappa shape index (κ1) is 17.7. The van der Waals surface area contributed by atoms with Gasteiger partial charge in [-0.3, -0.25) is 4.79 Å². The highest BCUT2D eigenvalue weighted by Gasteiger charge is 2.02. The van der Waals surface area contributed by atoms with Crippen molar-refractivity contribution in [3.05, 3.63) is 65.2 Å². The van der Waals surface area contributed by atoms with Crippen LogP contribution in [-0.4, -0.2) is 12.1 Å². The number of nitrogens with zero attached hydrogens (tertiary/aromatic N) is 1. The van der Waals surface area contributed by atoms with E-state index < -0.39 is 0 Å². The molecule has 0 radical (unpaired) electrons. The van der Waals surface area contributed by atoms with E-state index in [2.05, 4.69) is 48.6 Å². The summed E-state index contributed by atoms with van der Waals surface area (Å²) in [6, 6.07) is 15.9. The average molecular weight is 324 g/mol. The number of unbranched alkanes of at least 4 members (excludes halogenated alkanes) is 1. The molecule has 0 aliphatic heterocycles. The van der Waals surface area contributed by atoms with E-state index >= 15 is 0 Å². The molecule has 0 unspecified atom stereocenters. The van der Waals surface area contributed by atoms with Gasteiger partial charge in [-0.1, -0.05) is 55.3 Å². The zero-order chi connectivity index (χ0) is 17.2. The lowest BCUT2D eigenvalue weighted by molar-refractivity contribution is -0.121. The number of hydrogen-bond acceptors (Lipinski definition) is 3. The minimum Gasteiger partial charge on any atom is -0.488 e. The number of rotatable bonds is 8. The highest BCUT2D eigenvalue weighted by molar-refractivity contribution is 5.85. The third-order valence-electron chi connectivity index (χ3n) is 3.58. The van der Waals surface area contributed by atoms with Crippen LogP contribution in [0.15, 0.2) is 53.6 Å². The Morgan fingerprint density at radius 3 is 2.67 bits per heavy atom. The van der Waals surface area contributed by atoms with Gasteiger partial charge in [-0.2, -0.15) is 5.10 Å². The van der Waals surface area contributed by atoms with Crippen LogP contribution in [0.1, 0.15) is 42.9 Å². The van der Waals surface area contributed by atoms with E-state index in [0.29, 0.717) is 13.0 Å². The molecule has 2 aromatic carbocycles. The van der Waals surface area contributed by atoms with Gasteiger partial charge in [0.2, 0.25) is 5.91 Å². The van der Waals surface area contributed by atoms with Crippen LogP contribution in [0.2, 0.25) is 0 Å². The summed E-state index contributed by atoms with van der Waals surface area (Å²) < 4.78 is 5.88. The summed E-state index contributed by atoms with van der Waals surface area (Å²) in [5.74, 6) is 0.677. The maximum Gasteiger partial charge on any atom is 0.240 e. The molecule has 1 amide bonds. The van der Waals surface area contributed by atoms with Crippen molar-refractivity contribution in [2.75, 3.05) is 0 Å². The fraction of sp³-hybridized carbons (Fsp3) is 0.300. The predicted molar refractivity (Wildman–Crippen MR) is 97.2 cm³/mol. The molecular formula is C20H24N2O2. The van der Waals surface area contributed by atoms with Crippen LogP contribution in [0.25, 0.3) is 0 Å². The molecule has 24 heavy (non-hydrogen) atoms. The second-order valence-electron chi connectivity index (χ2n) is 5.71. The number of amides is 1. The Morgan fingerprint density at radius 1 is 1.17 bits per heavy atom. The van der Waals surface area contributed by atoms with Crippen LogP contribution in [0.3, 0.4) is 0 Å². The number of hydrazone groups is 1. The van der Waals surface area contributed by atoms with Crippen molar-refractivity contribution in [1.82, 2.24) is 5.43 Å². The zero-order valence-corrected chi connectivity index (χ0v) is 14.3. The molecule has 0 heterocycles. The van der Waals surface area contributed by atoms with Gasteiger partial charge in [0.15, 0.2) is 0 Å². The second kappa shape index (κ2) is 9.50. The fourth-order valence-corrected chi connectivity index (χ4v) is 2.13. The Hall–Kier alpha value is -2.62. The first-order valence-electron chi connectivity index (χ1n) is 8.28. The van der Waals surface area contributed by atoms with E-state index in [9.17, 15) is 4.79 Å². The van der Waals surface area contributed by atoms with Crippen LogP contribution in [-0.2, 0) is 11.4 Å². The van der Waals surface area contributed by atoms with Crippen molar-refractivity contribution in [3.8, 4) is 5.75 Å². The van der Waals surface area contributed by atoms with Crippen molar-refractivity contribution in [1.29, 1.82) is 0 Å². The molecule has 126 valence electrons. The normalized spacial score (nSPS) is 10.8. The molecule has 0 spiro atoms. The van der Waals surface area contributed by atoms with Crippen LogP contribution in [0.4, 0.5) is 0 Å². The molecule has 0 fully saturated rings. The van der Waals surface area contributed by atoms with Gasteiger partial charge in [-0.15, -0.1) is 0 Å². The molecule has 4 nitrogen and oxygen atoms in total. The molecule has 0 aliphatic carbocycles. The summed E-state index contributed by atoms with van der Waals surface area (Å²) in [6.45, 7) is 4.61. The lowest BCUT2D eigenvalue weighted by Gasteiger charge is -2.09. The van der Waals surface area contributed by atoms with E-state index in [1.165, 1.54) is 5.56 Å². The standard InChI is InChI=1S/C20H24N2O2/c1-3-4-9-20(23)22-21-14-18-7-5-6-8-19(18)24-15-17-12-10-16(2)11-13-17/h5-8,10-14H,3-4,9,15H2,1-2H3,(H,22,23)/b21-14+. The SMILES string of the molecule is CCCCC(=O)N/N=C/c1ccccc1OCc1ccc(C)cc1. The summed E-state index contributed by atoms with van der Waals surface area (Å²) in [5, 5.41) is 4.02. The summed E-state index contributed by atoms with van der Waals surface area (Å²) in [5.41, 5.74) is 5.72. The van der Waals surface area contributed by atoms with Gasteiger partial charge >= 0.3 is 0 Å². The van der Waals surface area contributed by atoms with Crippen LogP contribution < -0.4 is 10.2 Å². The highest BCUT2D eigenvalue weighted by atomic mass is 16.5. The van der Waals surface area contributed by atoms with Gasteiger partial charge in [0.25, 0.3) is 0 Å². The van der Waals surface area contributed by atoms with Crippen LogP contribution >= 0.6 is 0 Å². The molecule has 0 aliphatic rings. The van der Waals surface area contributed by atoms with Gasteiger partial charge in [-0.05, 0) is 31.0 Å². The molecule has 1 N–H and O–H groups in total. The van der Waals surface area contributed by atoms with E-state index in [1.807, 2.05) is 24.3 Å². The Balaban J connectivity index is 1.94. The summed E-state index contributed by atoms with van der Waals surface area (Å²) in [4.78, 5) is 11.6. The van der Waals surface area contributed by atoms with Crippen LogP contribution in [0.5, 0.6) is 5.75 Å². The van der Waals surface area contributed by atoms with Gasteiger partial charge in [0, 0.05) is 12.0 Å². The number of ether oxygens (including phenoxy) is 1. The lowest BCUT2D eigenvalue weighted by atomic mass is 10.1. The minimum absolute atomic E-state index is 0.0637. The highest BCUT2D eigenvalue weighted by Crippen LogP contribution is 2.17. The maximum absolute atomic E-state index is 11.6. The van der Waals surface area contributed by atoms with Gasteiger partial charge < -0.3 is 4.74 Å². The van der Waals surface area contributed by atoms with Crippen molar-refractivity contribution in [2.45, 2.75) is 39.7 Å². The second-order valence-corrected chi connectivity index (χ2v) is 5.71.